The van der Waals surface area contributed by atoms with E-state index in [1.807, 2.05) is 17.0 Å². The molecule has 0 N–H and O–H groups in total. The molecule has 5 heteroatoms. The van der Waals surface area contributed by atoms with Gasteiger partial charge in [-0.1, -0.05) is 0 Å². The smallest absolute Gasteiger partial charge is 0.227 e. The van der Waals surface area contributed by atoms with E-state index in [4.69, 9.17) is 4.74 Å². The molecule has 108 valence electrons. The van der Waals surface area contributed by atoms with E-state index < -0.39 is 0 Å². The van der Waals surface area contributed by atoms with Crippen molar-refractivity contribution in [2.75, 3.05) is 33.2 Å². The maximum absolute atomic E-state index is 12.4. The van der Waals surface area contributed by atoms with Crippen LogP contribution in [0.2, 0.25) is 0 Å². The van der Waals surface area contributed by atoms with Gasteiger partial charge < -0.3 is 14.5 Å². The highest BCUT2D eigenvalue weighted by Crippen LogP contribution is 2.23. The molecule has 2 saturated heterocycles. The largest absolute Gasteiger partial charge is 0.485 e. The van der Waals surface area contributed by atoms with Gasteiger partial charge in [0, 0.05) is 12.7 Å². The summed E-state index contributed by atoms with van der Waals surface area (Å²) in [5, 5.41) is 0. The zero-order chi connectivity index (χ0) is 13.9. The Morgan fingerprint density at radius 1 is 1.40 bits per heavy atom. The number of amides is 1. The second-order valence-corrected chi connectivity index (χ2v) is 5.77. The minimum Gasteiger partial charge on any atom is -0.485 e. The fourth-order valence-electron chi connectivity index (χ4n) is 2.93. The third-order valence-corrected chi connectivity index (χ3v) is 4.07. The first kappa shape index (κ1) is 13.4. The van der Waals surface area contributed by atoms with Gasteiger partial charge in [0.25, 0.3) is 0 Å². The Morgan fingerprint density at radius 2 is 2.25 bits per heavy atom. The maximum atomic E-state index is 12.4. The number of hydrogen-bond acceptors (Lipinski definition) is 4. The predicted octanol–water partition coefficient (Wildman–Crippen LogP) is 1.01. The van der Waals surface area contributed by atoms with Crippen molar-refractivity contribution in [3.05, 3.63) is 24.5 Å². The zero-order valence-corrected chi connectivity index (χ0v) is 11.9. The summed E-state index contributed by atoms with van der Waals surface area (Å²) in [4.78, 5) is 20.5. The molecule has 0 aromatic carbocycles. The SMILES string of the molecule is CN1CCCC(C(=O)N2CC(Oc3cccnc3)C2)C1. The van der Waals surface area contributed by atoms with E-state index >= 15 is 0 Å². The maximum Gasteiger partial charge on any atom is 0.227 e. The number of ether oxygens (including phenoxy) is 1. The molecule has 1 unspecified atom stereocenters. The van der Waals surface area contributed by atoms with Gasteiger partial charge in [0.05, 0.1) is 25.2 Å². The number of carbonyl (C=O) groups is 1. The van der Waals surface area contributed by atoms with Crippen LogP contribution in [0.15, 0.2) is 24.5 Å². The van der Waals surface area contributed by atoms with Crippen LogP contribution in [0, 0.1) is 5.92 Å². The van der Waals surface area contributed by atoms with Crippen molar-refractivity contribution in [3.8, 4) is 5.75 Å². The molecular weight excluding hydrogens is 254 g/mol. The van der Waals surface area contributed by atoms with Gasteiger partial charge >= 0.3 is 0 Å². The molecule has 0 bridgehead atoms. The van der Waals surface area contributed by atoms with Crippen molar-refractivity contribution < 1.29 is 9.53 Å². The van der Waals surface area contributed by atoms with Gasteiger partial charge in [-0.25, -0.2) is 0 Å². The first-order chi connectivity index (χ1) is 9.72. The van der Waals surface area contributed by atoms with E-state index in [1.165, 1.54) is 0 Å². The topological polar surface area (TPSA) is 45.7 Å². The van der Waals surface area contributed by atoms with Crippen molar-refractivity contribution >= 4 is 5.91 Å². The van der Waals surface area contributed by atoms with Crippen LogP contribution in [-0.2, 0) is 4.79 Å². The molecule has 0 spiro atoms. The molecule has 1 aromatic rings. The summed E-state index contributed by atoms with van der Waals surface area (Å²) in [5.41, 5.74) is 0. The second kappa shape index (κ2) is 5.79. The molecule has 1 amide bonds. The number of likely N-dealkylation sites (tertiary alicyclic amines) is 2. The van der Waals surface area contributed by atoms with Crippen LogP contribution < -0.4 is 4.74 Å². The van der Waals surface area contributed by atoms with Crippen LogP contribution in [0.3, 0.4) is 0 Å². The Balaban J connectivity index is 1.46. The Morgan fingerprint density at radius 3 is 2.95 bits per heavy atom. The van der Waals surface area contributed by atoms with Crippen LogP contribution in [0.1, 0.15) is 12.8 Å². The predicted molar refractivity (Wildman–Crippen MR) is 75.5 cm³/mol. The summed E-state index contributed by atoms with van der Waals surface area (Å²) in [6.45, 7) is 3.40. The average molecular weight is 275 g/mol. The zero-order valence-electron chi connectivity index (χ0n) is 11.9. The lowest BCUT2D eigenvalue weighted by Gasteiger charge is -2.42. The number of aromatic nitrogens is 1. The van der Waals surface area contributed by atoms with Crippen molar-refractivity contribution in [1.29, 1.82) is 0 Å². The highest BCUT2D eigenvalue weighted by molar-refractivity contribution is 5.80. The van der Waals surface area contributed by atoms with Gasteiger partial charge in [0.15, 0.2) is 0 Å². The molecule has 1 aromatic heterocycles. The lowest BCUT2D eigenvalue weighted by molar-refractivity contribution is -0.146. The number of pyridine rings is 1. The summed E-state index contributed by atoms with van der Waals surface area (Å²) in [5.74, 6) is 1.25. The van der Waals surface area contributed by atoms with Crippen molar-refractivity contribution in [3.63, 3.8) is 0 Å². The standard InChI is InChI=1S/C15H21N3O2/c1-17-7-3-4-12(9-17)15(19)18-10-14(11-18)20-13-5-2-6-16-8-13/h2,5-6,8,12,14H,3-4,7,9-11H2,1H3. The van der Waals surface area contributed by atoms with Gasteiger partial charge in [-0.2, -0.15) is 0 Å². The van der Waals surface area contributed by atoms with Gasteiger partial charge in [-0.3, -0.25) is 9.78 Å². The highest BCUT2D eigenvalue weighted by atomic mass is 16.5. The molecule has 3 heterocycles. The molecule has 5 nitrogen and oxygen atoms in total. The fraction of sp³-hybridized carbons (Fsp3) is 0.600. The van der Waals surface area contributed by atoms with E-state index in [-0.39, 0.29) is 12.0 Å². The minimum absolute atomic E-state index is 0.115. The summed E-state index contributed by atoms with van der Waals surface area (Å²) in [6, 6.07) is 3.75. The van der Waals surface area contributed by atoms with E-state index in [0.717, 1.165) is 31.7 Å². The number of carbonyl (C=O) groups excluding carboxylic acids is 1. The van der Waals surface area contributed by atoms with Gasteiger partial charge in [-0.15, -0.1) is 0 Å². The number of piperidine rings is 1. The summed E-state index contributed by atoms with van der Waals surface area (Å²) < 4.78 is 5.77. The summed E-state index contributed by atoms with van der Waals surface area (Å²) in [7, 11) is 2.09. The molecule has 1 atom stereocenters. The third-order valence-electron chi connectivity index (χ3n) is 4.07. The molecule has 2 fully saturated rings. The van der Waals surface area contributed by atoms with Crippen LogP contribution >= 0.6 is 0 Å². The van der Waals surface area contributed by atoms with Gasteiger partial charge in [0.2, 0.25) is 5.91 Å². The first-order valence-corrected chi connectivity index (χ1v) is 7.26. The normalized spacial score (nSPS) is 24.2. The molecule has 2 aliphatic heterocycles. The van der Waals surface area contributed by atoms with Crippen LogP contribution in [0.25, 0.3) is 0 Å². The molecule has 0 saturated carbocycles. The molecule has 2 aliphatic rings. The van der Waals surface area contributed by atoms with E-state index in [1.54, 1.807) is 12.4 Å². The lowest BCUT2D eigenvalue weighted by atomic mass is 9.95. The summed E-state index contributed by atoms with van der Waals surface area (Å²) >= 11 is 0. The Hall–Kier alpha value is -1.62. The summed E-state index contributed by atoms with van der Waals surface area (Å²) in [6.07, 6.45) is 5.69. The minimum atomic E-state index is 0.115. The second-order valence-electron chi connectivity index (χ2n) is 5.77. The Bertz CT molecular complexity index is 459. The fourth-order valence-corrected chi connectivity index (χ4v) is 2.93. The van der Waals surface area contributed by atoms with E-state index in [2.05, 4.69) is 16.9 Å². The molecular formula is C15H21N3O2. The Kier molecular flexibility index (Phi) is 3.87. The molecule has 3 rings (SSSR count). The van der Waals surface area contributed by atoms with Crippen molar-refractivity contribution in [2.24, 2.45) is 5.92 Å². The number of rotatable bonds is 3. The van der Waals surface area contributed by atoms with Gasteiger partial charge in [0.1, 0.15) is 11.9 Å². The van der Waals surface area contributed by atoms with Crippen molar-refractivity contribution in [1.82, 2.24) is 14.8 Å². The monoisotopic (exact) mass is 275 g/mol. The van der Waals surface area contributed by atoms with Gasteiger partial charge in [-0.05, 0) is 38.6 Å². The van der Waals surface area contributed by atoms with Crippen molar-refractivity contribution in [2.45, 2.75) is 18.9 Å². The third kappa shape index (κ3) is 2.93. The van der Waals surface area contributed by atoms with E-state index in [9.17, 15) is 4.79 Å². The van der Waals surface area contributed by atoms with Crippen LogP contribution in [0.4, 0.5) is 0 Å². The van der Waals surface area contributed by atoms with Crippen LogP contribution in [0.5, 0.6) is 5.75 Å². The average Bonchev–Trinajstić information content (AvgIpc) is 2.43. The van der Waals surface area contributed by atoms with E-state index in [0.29, 0.717) is 19.0 Å². The first-order valence-electron chi connectivity index (χ1n) is 7.26. The highest BCUT2D eigenvalue weighted by Gasteiger charge is 2.36. The quantitative estimate of drug-likeness (QED) is 0.826. The molecule has 0 aliphatic carbocycles. The van der Waals surface area contributed by atoms with Crippen LogP contribution in [-0.4, -0.2) is 60.0 Å². The number of hydrogen-bond donors (Lipinski definition) is 0. The Labute approximate surface area is 119 Å². The lowest BCUT2D eigenvalue weighted by Crippen LogP contribution is -2.58. The molecule has 0 radical (unpaired) electrons. The molecule has 20 heavy (non-hydrogen) atoms. The number of nitrogens with zero attached hydrogens (tertiary/aromatic N) is 3.